The Labute approximate surface area is 104 Å². The number of hydrogen-bond donors (Lipinski definition) is 1. The van der Waals surface area contributed by atoms with Crippen molar-refractivity contribution in [3.05, 3.63) is 29.8 Å². The molecule has 0 amide bonds. The number of ether oxygens (including phenoxy) is 2. The number of nitrogens with one attached hydrogen (secondary N) is 1. The summed E-state index contributed by atoms with van der Waals surface area (Å²) in [5, 5.41) is 3.32. The second kappa shape index (κ2) is 8.09. The van der Waals surface area contributed by atoms with Crippen LogP contribution in [-0.2, 0) is 11.3 Å². The van der Waals surface area contributed by atoms with E-state index in [-0.39, 0.29) is 6.10 Å². The van der Waals surface area contributed by atoms with Crippen LogP contribution in [0.1, 0.15) is 25.8 Å². The molecule has 0 saturated heterocycles. The molecule has 0 aromatic heterocycles. The normalized spacial score (nSPS) is 12.4. The Hall–Kier alpha value is -1.06. The van der Waals surface area contributed by atoms with Crippen LogP contribution in [0.2, 0.25) is 0 Å². The Kier molecular flexibility index (Phi) is 6.67. The van der Waals surface area contributed by atoms with Crippen molar-refractivity contribution in [2.24, 2.45) is 0 Å². The van der Waals surface area contributed by atoms with Gasteiger partial charge in [0.2, 0.25) is 0 Å². The maximum Gasteiger partial charge on any atom is 0.124 e. The molecule has 0 saturated carbocycles. The molecular weight excluding hydrogens is 214 g/mol. The van der Waals surface area contributed by atoms with Crippen molar-refractivity contribution in [3.63, 3.8) is 0 Å². The van der Waals surface area contributed by atoms with E-state index in [4.69, 9.17) is 9.47 Å². The molecule has 3 nitrogen and oxygen atoms in total. The number of methoxy groups -OCH3 is 1. The molecule has 0 fully saturated rings. The van der Waals surface area contributed by atoms with Crippen molar-refractivity contribution in [2.45, 2.75) is 32.9 Å². The van der Waals surface area contributed by atoms with E-state index in [2.05, 4.69) is 25.2 Å². The largest absolute Gasteiger partial charge is 0.490 e. The first kappa shape index (κ1) is 14.0. The zero-order valence-corrected chi connectivity index (χ0v) is 11.0. The third-order valence-electron chi connectivity index (χ3n) is 2.59. The van der Waals surface area contributed by atoms with Gasteiger partial charge in [-0.25, -0.2) is 0 Å². The summed E-state index contributed by atoms with van der Waals surface area (Å²) in [7, 11) is 1.71. The number of hydrogen-bond acceptors (Lipinski definition) is 3. The molecule has 0 bridgehead atoms. The molecule has 1 rings (SSSR count). The molecule has 0 spiro atoms. The standard InChI is InChI=1S/C14H23NO2/c1-4-15-11-13-7-5-6-8-14(13)17-12(2)9-10-16-3/h5-8,12,15H,4,9-11H2,1-3H3. The van der Waals surface area contributed by atoms with Crippen LogP contribution in [0.25, 0.3) is 0 Å². The zero-order valence-electron chi connectivity index (χ0n) is 11.0. The molecule has 0 radical (unpaired) electrons. The minimum absolute atomic E-state index is 0.178. The average molecular weight is 237 g/mol. The molecule has 1 aromatic rings. The van der Waals surface area contributed by atoms with E-state index in [0.717, 1.165) is 31.9 Å². The van der Waals surface area contributed by atoms with Gasteiger partial charge in [0.1, 0.15) is 5.75 Å². The van der Waals surface area contributed by atoms with Crippen molar-refractivity contribution in [1.29, 1.82) is 0 Å². The average Bonchev–Trinajstić information content (AvgIpc) is 2.35. The van der Waals surface area contributed by atoms with Gasteiger partial charge in [0.05, 0.1) is 6.10 Å². The summed E-state index contributed by atoms with van der Waals surface area (Å²) in [5.74, 6) is 0.969. The van der Waals surface area contributed by atoms with Gasteiger partial charge in [-0.3, -0.25) is 0 Å². The number of rotatable bonds is 8. The first-order valence-electron chi connectivity index (χ1n) is 6.22. The highest BCUT2D eigenvalue weighted by Gasteiger charge is 2.07. The lowest BCUT2D eigenvalue weighted by molar-refractivity contribution is 0.134. The summed E-state index contributed by atoms with van der Waals surface area (Å²) >= 11 is 0. The molecule has 0 aliphatic rings. The van der Waals surface area contributed by atoms with E-state index in [9.17, 15) is 0 Å². The van der Waals surface area contributed by atoms with Crippen LogP contribution in [0.4, 0.5) is 0 Å². The van der Waals surface area contributed by atoms with Gasteiger partial charge in [-0.15, -0.1) is 0 Å². The lowest BCUT2D eigenvalue weighted by atomic mass is 10.2. The van der Waals surface area contributed by atoms with Crippen molar-refractivity contribution >= 4 is 0 Å². The highest BCUT2D eigenvalue weighted by Crippen LogP contribution is 2.19. The molecule has 3 heteroatoms. The quantitative estimate of drug-likeness (QED) is 0.754. The van der Waals surface area contributed by atoms with Crippen LogP contribution >= 0.6 is 0 Å². The fraction of sp³-hybridized carbons (Fsp3) is 0.571. The van der Waals surface area contributed by atoms with Gasteiger partial charge in [0.25, 0.3) is 0 Å². The van der Waals surface area contributed by atoms with Crippen LogP contribution < -0.4 is 10.1 Å². The van der Waals surface area contributed by atoms with E-state index in [0.29, 0.717) is 0 Å². The Morgan fingerprint density at radius 1 is 1.29 bits per heavy atom. The summed E-state index contributed by atoms with van der Waals surface area (Å²) in [5.41, 5.74) is 1.21. The highest BCUT2D eigenvalue weighted by molar-refractivity contribution is 5.33. The van der Waals surface area contributed by atoms with Gasteiger partial charge in [0.15, 0.2) is 0 Å². The fourth-order valence-electron chi connectivity index (χ4n) is 1.58. The van der Waals surface area contributed by atoms with Crippen LogP contribution in [0.5, 0.6) is 5.75 Å². The third kappa shape index (κ3) is 5.20. The molecule has 0 aliphatic heterocycles. The van der Waals surface area contributed by atoms with Crippen molar-refractivity contribution in [3.8, 4) is 5.75 Å². The van der Waals surface area contributed by atoms with Gasteiger partial charge < -0.3 is 14.8 Å². The van der Waals surface area contributed by atoms with E-state index < -0.39 is 0 Å². The summed E-state index contributed by atoms with van der Waals surface area (Å²) in [6.07, 6.45) is 1.09. The van der Waals surface area contributed by atoms with Crippen molar-refractivity contribution in [1.82, 2.24) is 5.32 Å². The number of benzene rings is 1. The van der Waals surface area contributed by atoms with Crippen molar-refractivity contribution in [2.75, 3.05) is 20.3 Å². The summed E-state index contributed by atoms with van der Waals surface area (Å²) in [6, 6.07) is 8.17. The Morgan fingerprint density at radius 2 is 2.06 bits per heavy atom. The maximum absolute atomic E-state index is 5.92. The lowest BCUT2D eigenvalue weighted by Crippen LogP contribution is -2.17. The zero-order chi connectivity index (χ0) is 12.5. The van der Waals surface area contributed by atoms with Crippen LogP contribution in [-0.4, -0.2) is 26.4 Å². The van der Waals surface area contributed by atoms with E-state index in [1.54, 1.807) is 7.11 Å². The molecule has 1 atom stereocenters. The molecule has 17 heavy (non-hydrogen) atoms. The van der Waals surface area contributed by atoms with Crippen molar-refractivity contribution < 1.29 is 9.47 Å². The van der Waals surface area contributed by atoms with Gasteiger partial charge >= 0.3 is 0 Å². The Morgan fingerprint density at radius 3 is 2.76 bits per heavy atom. The van der Waals surface area contributed by atoms with E-state index in [1.807, 2.05) is 18.2 Å². The predicted molar refractivity (Wildman–Crippen MR) is 70.4 cm³/mol. The van der Waals surface area contributed by atoms with Gasteiger partial charge in [0, 0.05) is 32.2 Å². The second-order valence-electron chi connectivity index (χ2n) is 4.10. The topological polar surface area (TPSA) is 30.5 Å². The fourth-order valence-corrected chi connectivity index (χ4v) is 1.58. The van der Waals surface area contributed by atoms with Crippen LogP contribution in [0, 0.1) is 0 Å². The smallest absolute Gasteiger partial charge is 0.124 e. The molecule has 0 aliphatic carbocycles. The van der Waals surface area contributed by atoms with E-state index in [1.165, 1.54) is 5.56 Å². The first-order valence-corrected chi connectivity index (χ1v) is 6.22. The van der Waals surface area contributed by atoms with Gasteiger partial charge in [-0.2, -0.15) is 0 Å². The Bertz CT molecular complexity index is 315. The molecule has 0 heterocycles. The summed E-state index contributed by atoms with van der Waals surface area (Å²) in [4.78, 5) is 0. The minimum atomic E-state index is 0.178. The predicted octanol–water partition coefficient (Wildman–Crippen LogP) is 2.60. The highest BCUT2D eigenvalue weighted by atomic mass is 16.5. The molecule has 96 valence electrons. The third-order valence-corrected chi connectivity index (χ3v) is 2.59. The van der Waals surface area contributed by atoms with Gasteiger partial charge in [-0.05, 0) is 19.5 Å². The van der Waals surface area contributed by atoms with Crippen LogP contribution in [0.3, 0.4) is 0 Å². The SMILES string of the molecule is CCNCc1ccccc1OC(C)CCOC. The Balaban J connectivity index is 2.56. The monoisotopic (exact) mass is 237 g/mol. The lowest BCUT2D eigenvalue weighted by Gasteiger charge is -2.17. The summed E-state index contributed by atoms with van der Waals surface area (Å²) in [6.45, 7) is 6.72. The minimum Gasteiger partial charge on any atom is -0.490 e. The van der Waals surface area contributed by atoms with E-state index >= 15 is 0 Å². The second-order valence-corrected chi connectivity index (χ2v) is 4.10. The number of para-hydroxylation sites is 1. The van der Waals surface area contributed by atoms with Gasteiger partial charge in [-0.1, -0.05) is 25.1 Å². The molecule has 1 N–H and O–H groups in total. The maximum atomic E-state index is 5.92. The summed E-state index contributed by atoms with van der Waals surface area (Å²) < 4.78 is 11.0. The molecular formula is C14H23NO2. The van der Waals surface area contributed by atoms with Crippen LogP contribution in [0.15, 0.2) is 24.3 Å². The first-order chi connectivity index (χ1) is 8.27. The molecule has 1 aromatic carbocycles. The molecule has 1 unspecified atom stereocenters.